The van der Waals surface area contributed by atoms with Crippen molar-refractivity contribution >= 4 is 27.5 Å². The summed E-state index contributed by atoms with van der Waals surface area (Å²) < 4.78 is 23.9. The minimum Gasteiger partial charge on any atom is -0.358 e. The number of hydrogen-bond acceptors (Lipinski definition) is 8. The Hall–Kier alpha value is -1.94. The molecule has 24 heavy (non-hydrogen) atoms. The summed E-state index contributed by atoms with van der Waals surface area (Å²) in [5, 5.41) is 5.84. The molecule has 0 radical (unpaired) electrons. The fourth-order valence-electron chi connectivity index (χ4n) is 3.20. The van der Waals surface area contributed by atoms with Gasteiger partial charge in [0.1, 0.15) is 5.82 Å². The fourth-order valence-corrected chi connectivity index (χ4v) is 5.16. The molecule has 0 bridgehead atoms. The van der Waals surface area contributed by atoms with Crippen LogP contribution in [0.25, 0.3) is 0 Å². The van der Waals surface area contributed by atoms with Gasteiger partial charge < -0.3 is 20.4 Å². The molecule has 2 atom stereocenters. The van der Waals surface area contributed by atoms with Gasteiger partial charge in [-0.3, -0.25) is 4.79 Å². The van der Waals surface area contributed by atoms with Crippen LogP contribution in [0, 0.1) is 0 Å². The molecule has 3 rings (SSSR count). The lowest BCUT2D eigenvalue weighted by atomic mass is 10.1. The zero-order valence-corrected chi connectivity index (χ0v) is 14.6. The molecule has 10 heteroatoms. The predicted octanol–water partition coefficient (Wildman–Crippen LogP) is -1.77. The Morgan fingerprint density at radius 3 is 3.04 bits per heavy atom. The number of rotatable bonds is 4. The number of nitrogens with one attached hydrogen (secondary N) is 2. The molecule has 2 fully saturated rings. The first-order valence-corrected chi connectivity index (χ1v) is 9.67. The summed E-state index contributed by atoms with van der Waals surface area (Å²) in [4.78, 5) is 23.9. The Balaban J connectivity index is 1.82. The highest BCUT2D eigenvalue weighted by Crippen LogP contribution is 2.26. The van der Waals surface area contributed by atoms with Crippen LogP contribution >= 0.6 is 0 Å². The molecule has 1 aromatic rings. The third kappa shape index (κ3) is 3.44. The molecule has 1 amide bonds. The number of likely N-dealkylation sites (N-methyl/N-ethyl adjacent to an activating group) is 2. The van der Waals surface area contributed by atoms with Crippen LogP contribution in [0.3, 0.4) is 0 Å². The molecule has 2 aliphatic rings. The van der Waals surface area contributed by atoms with Crippen LogP contribution in [0.15, 0.2) is 12.3 Å². The summed E-state index contributed by atoms with van der Waals surface area (Å²) in [5.41, 5.74) is 0. The number of aromatic nitrogens is 2. The maximum atomic E-state index is 12.0. The monoisotopic (exact) mass is 354 g/mol. The second-order valence-electron chi connectivity index (χ2n) is 6.14. The smallest absolute Gasteiger partial charge is 0.239 e. The number of nitrogens with zero attached hydrogens (tertiary/aromatic N) is 4. The number of hydrogen-bond donors (Lipinski definition) is 2. The van der Waals surface area contributed by atoms with Crippen molar-refractivity contribution in [2.24, 2.45) is 0 Å². The van der Waals surface area contributed by atoms with E-state index in [2.05, 4.69) is 20.6 Å². The highest BCUT2D eigenvalue weighted by molar-refractivity contribution is 7.91. The second-order valence-corrected chi connectivity index (χ2v) is 8.30. The van der Waals surface area contributed by atoms with Crippen molar-refractivity contribution in [2.45, 2.75) is 12.1 Å². The van der Waals surface area contributed by atoms with Crippen molar-refractivity contribution < 1.29 is 13.2 Å². The van der Waals surface area contributed by atoms with E-state index < -0.39 is 9.84 Å². The van der Waals surface area contributed by atoms with E-state index in [1.54, 1.807) is 31.3 Å². The van der Waals surface area contributed by atoms with Crippen molar-refractivity contribution in [2.75, 3.05) is 55.0 Å². The van der Waals surface area contributed by atoms with Crippen molar-refractivity contribution in [3.05, 3.63) is 12.3 Å². The third-order valence-corrected chi connectivity index (χ3v) is 6.12. The van der Waals surface area contributed by atoms with Crippen molar-refractivity contribution in [3.63, 3.8) is 0 Å². The van der Waals surface area contributed by atoms with Gasteiger partial charge in [-0.05, 0) is 6.07 Å². The number of carbonyl (C=O) groups excluding carboxylic acids is 1. The number of piperazine rings is 1. The van der Waals surface area contributed by atoms with Crippen LogP contribution in [0.2, 0.25) is 0 Å². The maximum absolute atomic E-state index is 12.0. The van der Waals surface area contributed by atoms with Gasteiger partial charge in [-0.2, -0.15) is 4.98 Å². The fraction of sp³-hybridized carbons (Fsp3) is 0.643. The number of anilines is 2. The van der Waals surface area contributed by atoms with Gasteiger partial charge in [0.15, 0.2) is 9.84 Å². The van der Waals surface area contributed by atoms with E-state index in [-0.39, 0.29) is 36.0 Å². The van der Waals surface area contributed by atoms with Gasteiger partial charge in [0.2, 0.25) is 11.9 Å². The van der Waals surface area contributed by atoms with Crippen LogP contribution in [-0.4, -0.2) is 81.6 Å². The highest BCUT2D eigenvalue weighted by Gasteiger charge is 2.43. The van der Waals surface area contributed by atoms with E-state index in [0.29, 0.717) is 24.9 Å². The minimum absolute atomic E-state index is 0.0641. The summed E-state index contributed by atoms with van der Waals surface area (Å²) in [6, 6.07) is 1.60. The molecule has 1 aromatic heterocycles. The lowest BCUT2D eigenvalue weighted by Gasteiger charge is -2.38. The zero-order valence-electron chi connectivity index (χ0n) is 13.8. The van der Waals surface area contributed by atoms with Crippen LogP contribution in [-0.2, 0) is 14.6 Å². The maximum Gasteiger partial charge on any atom is 0.239 e. The SMILES string of the molecule is CNC(=O)CN(C)c1nccc(N2CCN[C@H]3CS(=O)(=O)C[C@H]32)n1. The van der Waals surface area contributed by atoms with Crippen molar-refractivity contribution in [1.82, 2.24) is 20.6 Å². The zero-order chi connectivity index (χ0) is 17.3. The molecule has 0 saturated carbocycles. The van der Waals surface area contributed by atoms with E-state index in [1.165, 1.54) is 0 Å². The summed E-state index contributed by atoms with van der Waals surface area (Å²) in [7, 11) is 0.297. The molecule has 0 aromatic carbocycles. The van der Waals surface area contributed by atoms with Crippen LogP contribution in [0.4, 0.5) is 11.8 Å². The molecule has 2 N–H and O–H groups in total. The molecule has 0 unspecified atom stereocenters. The van der Waals surface area contributed by atoms with Crippen molar-refractivity contribution in [3.8, 4) is 0 Å². The quantitative estimate of drug-likeness (QED) is 0.654. The molecule has 3 heterocycles. The average Bonchev–Trinajstić information content (AvgIpc) is 2.88. The molecule has 2 saturated heterocycles. The summed E-state index contributed by atoms with van der Waals surface area (Å²) in [5.74, 6) is 1.31. The molecular formula is C14H22N6O3S. The molecule has 0 aliphatic carbocycles. The summed E-state index contributed by atoms with van der Waals surface area (Å²) in [6.45, 7) is 1.55. The normalized spacial score (nSPS) is 25.2. The summed E-state index contributed by atoms with van der Waals surface area (Å²) in [6.07, 6.45) is 1.64. The Kier molecular flexibility index (Phi) is 4.59. The minimum atomic E-state index is -3.03. The third-order valence-electron chi connectivity index (χ3n) is 4.41. The van der Waals surface area contributed by atoms with Crippen molar-refractivity contribution in [1.29, 1.82) is 0 Å². The van der Waals surface area contributed by atoms with Gasteiger partial charge in [-0.1, -0.05) is 0 Å². The van der Waals surface area contributed by atoms with Crippen LogP contribution in [0.1, 0.15) is 0 Å². The molecule has 132 valence electrons. The Labute approximate surface area is 141 Å². The standard InChI is InChI=1S/C14H22N6O3S/c1-15-13(21)7-19(2)14-17-4-3-12(18-14)20-6-5-16-10-8-24(22,23)9-11(10)20/h3-4,10-11,16H,5-9H2,1-2H3,(H,15,21)/t10-,11+/m0/s1. The first-order valence-electron chi connectivity index (χ1n) is 7.85. The van der Waals surface area contributed by atoms with Gasteiger partial charge in [0.25, 0.3) is 0 Å². The highest BCUT2D eigenvalue weighted by atomic mass is 32.2. The van der Waals surface area contributed by atoms with E-state index in [1.807, 2.05) is 4.90 Å². The van der Waals surface area contributed by atoms with E-state index in [4.69, 9.17) is 0 Å². The first-order chi connectivity index (χ1) is 11.4. The Bertz CT molecular complexity index is 725. The second kappa shape index (κ2) is 6.52. The predicted molar refractivity (Wildman–Crippen MR) is 90.9 cm³/mol. The van der Waals surface area contributed by atoms with Crippen LogP contribution < -0.4 is 20.4 Å². The molecular weight excluding hydrogens is 332 g/mol. The van der Waals surface area contributed by atoms with Gasteiger partial charge in [0, 0.05) is 39.4 Å². The van der Waals surface area contributed by atoms with E-state index >= 15 is 0 Å². The summed E-state index contributed by atoms with van der Waals surface area (Å²) >= 11 is 0. The molecule has 0 spiro atoms. The van der Waals surface area contributed by atoms with Gasteiger partial charge in [-0.15, -0.1) is 0 Å². The van der Waals surface area contributed by atoms with Gasteiger partial charge in [0.05, 0.1) is 24.1 Å². The average molecular weight is 354 g/mol. The van der Waals surface area contributed by atoms with Gasteiger partial charge in [-0.25, -0.2) is 13.4 Å². The lowest BCUT2D eigenvalue weighted by molar-refractivity contribution is -0.119. The van der Waals surface area contributed by atoms with E-state index in [0.717, 1.165) is 0 Å². The largest absolute Gasteiger partial charge is 0.358 e. The number of sulfone groups is 1. The Morgan fingerprint density at radius 1 is 1.50 bits per heavy atom. The number of carbonyl (C=O) groups is 1. The topological polar surface area (TPSA) is 108 Å². The van der Waals surface area contributed by atoms with Gasteiger partial charge >= 0.3 is 0 Å². The first kappa shape index (κ1) is 16.9. The van der Waals surface area contributed by atoms with E-state index in [9.17, 15) is 13.2 Å². The molecule has 9 nitrogen and oxygen atoms in total. The number of fused-ring (bicyclic) bond motifs is 1. The molecule has 2 aliphatic heterocycles. The lowest BCUT2D eigenvalue weighted by Crippen LogP contribution is -2.57. The Morgan fingerprint density at radius 2 is 2.29 bits per heavy atom. The number of amides is 1. The van der Waals surface area contributed by atoms with Crippen LogP contribution in [0.5, 0.6) is 0 Å².